The van der Waals surface area contributed by atoms with E-state index in [0.29, 0.717) is 33.8 Å². The minimum absolute atomic E-state index is 0.0274. The standard InChI is InChI=1S/C23H22Cl2N2O5S/c1-6-27-22(32-23(29)16-8-7-15(24)10-19(16)25)18(11-26-27)20(28)17-9-12(2)21(33(5,30)31)14(4)13(17)3/h7-11H,6H2,1-5H3. The number of halogens is 2. The number of aryl methyl sites for hydroxylation is 2. The SMILES string of the molecule is CCn1ncc(C(=O)c2cc(C)c(S(C)(=O)=O)c(C)c2C)c1OC(=O)c1ccc(Cl)cc1Cl. The first-order chi connectivity index (χ1) is 15.4. The van der Waals surface area contributed by atoms with E-state index in [4.69, 9.17) is 27.9 Å². The average molecular weight is 509 g/mol. The first-order valence-electron chi connectivity index (χ1n) is 9.95. The lowest BCUT2D eigenvalue weighted by atomic mass is 9.95. The van der Waals surface area contributed by atoms with Crippen LogP contribution < -0.4 is 4.74 Å². The number of nitrogens with zero attached hydrogens (tertiary/aromatic N) is 2. The number of aromatic nitrogens is 2. The highest BCUT2D eigenvalue weighted by Gasteiger charge is 2.27. The van der Waals surface area contributed by atoms with Crippen LogP contribution in [0, 0.1) is 20.8 Å². The summed E-state index contributed by atoms with van der Waals surface area (Å²) in [6.45, 7) is 7.11. The third-order valence-electron chi connectivity index (χ3n) is 5.32. The maximum atomic E-state index is 13.5. The van der Waals surface area contributed by atoms with Gasteiger partial charge in [-0.3, -0.25) is 4.79 Å². The van der Waals surface area contributed by atoms with Gasteiger partial charge in [0.25, 0.3) is 0 Å². The maximum Gasteiger partial charge on any atom is 0.346 e. The van der Waals surface area contributed by atoms with Crippen molar-refractivity contribution in [2.24, 2.45) is 0 Å². The zero-order valence-electron chi connectivity index (χ0n) is 18.7. The number of carbonyl (C=O) groups is 2. The summed E-state index contributed by atoms with van der Waals surface area (Å²) in [6, 6.07) is 5.89. The molecule has 3 rings (SSSR count). The first kappa shape index (κ1) is 25.0. The Morgan fingerprint density at radius 2 is 1.70 bits per heavy atom. The molecule has 33 heavy (non-hydrogen) atoms. The maximum absolute atomic E-state index is 13.5. The fraction of sp³-hybridized carbons (Fsp3) is 0.261. The van der Waals surface area contributed by atoms with Crippen LogP contribution >= 0.6 is 23.2 Å². The Hall–Kier alpha value is -2.68. The van der Waals surface area contributed by atoms with E-state index in [9.17, 15) is 18.0 Å². The molecule has 0 amide bonds. The molecule has 0 spiro atoms. The second-order valence-electron chi connectivity index (χ2n) is 7.61. The number of rotatable bonds is 6. The topological polar surface area (TPSA) is 95.3 Å². The average Bonchev–Trinajstić information content (AvgIpc) is 3.11. The predicted octanol–water partition coefficient (Wildman–Crippen LogP) is 4.99. The molecule has 0 fully saturated rings. The van der Waals surface area contributed by atoms with Gasteiger partial charge in [-0.1, -0.05) is 23.2 Å². The molecule has 0 saturated heterocycles. The molecule has 0 saturated carbocycles. The third-order valence-corrected chi connectivity index (χ3v) is 7.23. The van der Waals surface area contributed by atoms with Gasteiger partial charge in [0.15, 0.2) is 15.6 Å². The van der Waals surface area contributed by atoms with Crippen LogP contribution in [0.2, 0.25) is 10.0 Å². The van der Waals surface area contributed by atoms with Crippen molar-refractivity contribution in [1.82, 2.24) is 9.78 Å². The van der Waals surface area contributed by atoms with Crippen molar-refractivity contribution in [1.29, 1.82) is 0 Å². The van der Waals surface area contributed by atoms with Gasteiger partial charge in [0.1, 0.15) is 5.56 Å². The Balaban J connectivity index is 2.08. The summed E-state index contributed by atoms with van der Waals surface area (Å²) in [6.07, 6.45) is 2.46. The number of ether oxygens (including phenoxy) is 1. The number of hydrogen-bond donors (Lipinski definition) is 0. The van der Waals surface area contributed by atoms with Crippen molar-refractivity contribution in [2.45, 2.75) is 39.1 Å². The molecule has 0 atom stereocenters. The molecular weight excluding hydrogens is 487 g/mol. The third kappa shape index (κ3) is 4.83. The van der Waals surface area contributed by atoms with Crippen molar-refractivity contribution < 1.29 is 22.7 Å². The molecule has 10 heteroatoms. The van der Waals surface area contributed by atoms with E-state index in [1.807, 2.05) is 0 Å². The lowest BCUT2D eigenvalue weighted by Gasteiger charge is -2.15. The predicted molar refractivity (Wildman–Crippen MR) is 127 cm³/mol. The fourth-order valence-electron chi connectivity index (χ4n) is 3.67. The normalized spacial score (nSPS) is 11.5. The van der Waals surface area contributed by atoms with Gasteiger partial charge in [0.05, 0.1) is 21.7 Å². The smallest absolute Gasteiger partial charge is 0.346 e. The molecule has 0 bridgehead atoms. The molecule has 0 aliphatic carbocycles. The summed E-state index contributed by atoms with van der Waals surface area (Å²) in [5.41, 5.74) is 1.93. The summed E-state index contributed by atoms with van der Waals surface area (Å²) in [5.74, 6) is -1.23. The van der Waals surface area contributed by atoms with E-state index in [0.717, 1.165) is 6.26 Å². The number of sulfone groups is 1. The highest BCUT2D eigenvalue weighted by molar-refractivity contribution is 7.90. The number of carbonyl (C=O) groups excluding carboxylic acids is 2. The molecule has 1 heterocycles. The number of esters is 1. The van der Waals surface area contributed by atoms with Crippen molar-refractivity contribution in [3.63, 3.8) is 0 Å². The number of benzene rings is 2. The van der Waals surface area contributed by atoms with Crippen molar-refractivity contribution in [2.75, 3.05) is 6.26 Å². The van der Waals surface area contributed by atoms with Crippen molar-refractivity contribution in [3.8, 4) is 5.88 Å². The fourth-order valence-corrected chi connectivity index (χ4v) is 5.51. The van der Waals surface area contributed by atoms with Gasteiger partial charge in [-0.2, -0.15) is 5.10 Å². The lowest BCUT2D eigenvalue weighted by molar-refractivity contribution is 0.0717. The Bertz CT molecular complexity index is 1390. The van der Waals surface area contributed by atoms with Crippen LogP contribution in [0.25, 0.3) is 0 Å². The molecule has 1 aromatic heterocycles. The Morgan fingerprint density at radius 3 is 2.27 bits per heavy atom. The summed E-state index contributed by atoms with van der Waals surface area (Å²) in [7, 11) is -3.47. The number of ketones is 1. The van der Waals surface area contributed by atoms with Gasteiger partial charge in [0, 0.05) is 23.4 Å². The van der Waals surface area contributed by atoms with Crippen LogP contribution in [0.4, 0.5) is 0 Å². The molecule has 0 N–H and O–H groups in total. The van der Waals surface area contributed by atoms with E-state index in [-0.39, 0.29) is 26.9 Å². The summed E-state index contributed by atoms with van der Waals surface area (Å²) in [5, 5.41) is 4.64. The van der Waals surface area contributed by atoms with Gasteiger partial charge in [-0.15, -0.1) is 0 Å². The summed E-state index contributed by atoms with van der Waals surface area (Å²) < 4.78 is 31.3. The minimum atomic E-state index is -3.47. The van der Waals surface area contributed by atoms with Crippen LogP contribution in [0.15, 0.2) is 35.4 Å². The molecule has 3 aromatic rings. The first-order valence-corrected chi connectivity index (χ1v) is 12.6. The molecule has 0 radical (unpaired) electrons. The van der Waals surface area contributed by atoms with Crippen molar-refractivity contribution >= 4 is 44.8 Å². The highest BCUT2D eigenvalue weighted by Crippen LogP contribution is 2.31. The van der Waals surface area contributed by atoms with Gasteiger partial charge >= 0.3 is 5.97 Å². The van der Waals surface area contributed by atoms with Crippen LogP contribution in [-0.4, -0.2) is 36.2 Å². The van der Waals surface area contributed by atoms with Crippen LogP contribution in [-0.2, 0) is 16.4 Å². The largest absolute Gasteiger partial charge is 0.403 e. The Morgan fingerprint density at radius 1 is 1.03 bits per heavy atom. The summed E-state index contributed by atoms with van der Waals surface area (Å²) >= 11 is 12.0. The van der Waals surface area contributed by atoms with Crippen molar-refractivity contribution in [3.05, 3.63) is 73.9 Å². The van der Waals surface area contributed by atoms with E-state index in [1.54, 1.807) is 27.7 Å². The molecule has 174 valence electrons. The number of hydrogen-bond acceptors (Lipinski definition) is 6. The molecule has 2 aromatic carbocycles. The molecule has 0 aliphatic rings. The zero-order chi connectivity index (χ0) is 24.7. The molecule has 7 nitrogen and oxygen atoms in total. The highest BCUT2D eigenvalue weighted by atomic mass is 35.5. The minimum Gasteiger partial charge on any atom is -0.403 e. The summed E-state index contributed by atoms with van der Waals surface area (Å²) in [4.78, 5) is 26.5. The van der Waals surface area contributed by atoms with Gasteiger partial charge in [-0.25, -0.2) is 17.9 Å². The van der Waals surface area contributed by atoms with Crippen LogP contribution in [0.5, 0.6) is 5.88 Å². The quantitative estimate of drug-likeness (QED) is 0.343. The second kappa shape index (κ2) is 9.29. The van der Waals surface area contributed by atoms with E-state index in [1.165, 1.54) is 35.1 Å². The van der Waals surface area contributed by atoms with E-state index >= 15 is 0 Å². The second-order valence-corrected chi connectivity index (χ2v) is 10.4. The van der Waals surface area contributed by atoms with Gasteiger partial charge in [0.2, 0.25) is 5.88 Å². The van der Waals surface area contributed by atoms with E-state index < -0.39 is 21.6 Å². The Labute approximate surface area is 202 Å². The monoisotopic (exact) mass is 508 g/mol. The van der Waals surface area contributed by atoms with Crippen LogP contribution in [0.1, 0.15) is 49.9 Å². The van der Waals surface area contributed by atoms with Crippen LogP contribution in [0.3, 0.4) is 0 Å². The molecule has 0 unspecified atom stereocenters. The van der Waals surface area contributed by atoms with Gasteiger partial charge in [-0.05, 0) is 68.7 Å². The van der Waals surface area contributed by atoms with Gasteiger partial charge < -0.3 is 4.74 Å². The lowest BCUT2D eigenvalue weighted by Crippen LogP contribution is -2.16. The van der Waals surface area contributed by atoms with E-state index in [2.05, 4.69) is 5.10 Å². The molecular formula is C23H22Cl2N2O5S. The zero-order valence-corrected chi connectivity index (χ0v) is 21.0. The Kier molecular flexibility index (Phi) is 7.02. The molecule has 0 aliphatic heterocycles.